The van der Waals surface area contributed by atoms with Crippen LogP contribution in [0.2, 0.25) is 0 Å². The Balaban J connectivity index is 1.59. The standard InChI is InChI=1S/C18H21NO/c1-3-7-17(8-4-1)20-18-11-9-16(10-12-18)15-19-13-5-2-6-14-19/h1,3-4,7-12H,2,5-6,13-15H2. The molecule has 20 heavy (non-hydrogen) atoms. The maximum atomic E-state index is 5.81. The molecule has 0 aromatic heterocycles. The fourth-order valence-corrected chi connectivity index (χ4v) is 2.66. The summed E-state index contributed by atoms with van der Waals surface area (Å²) in [5.41, 5.74) is 1.37. The fraction of sp³-hybridized carbons (Fsp3) is 0.333. The Kier molecular flexibility index (Phi) is 4.34. The van der Waals surface area contributed by atoms with Gasteiger partial charge in [-0.25, -0.2) is 0 Å². The summed E-state index contributed by atoms with van der Waals surface area (Å²) in [5, 5.41) is 0. The predicted octanol–water partition coefficient (Wildman–Crippen LogP) is 4.46. The summed E-state index contributed by atoms with van der Waals surface area (Å²) in [6, 6.07) is 18.4. The van der Waals surface area contributed by atoms with Gasteiger partial charge in [-0.05, 0) is 55.8 Å². The van der Waals surface area contributed by atoms with Gasteiger partial charge in [-0.15, -0.1) is 0 Å². The molecule has 0 aliphatic carbocycles. The van der Waals surface area contributed by atoms with Crippen LogP contribution in [0.1, 0.15) is 24.8 Å². The van der Waals surface area contributed by atoms with E-state index in [0.717, 1.165) is 18.0 Å². The van der Waals surface area contributed by atoms with E-state index in [-0.39, 0.29) is 0 Å². The third-order valence-corrected chi connectivity index (χ3v) is 3.76. The first-order chi connectivity index (χ1) is 9.90. The summed E-state index contributed by atoms with van der Waals surface area (Å²) >= 11 is 0. The number of ether oxygens (including phenoxy) is 1. The highest BCUT2D eigenvalue weighted by molar-refractivity contribution is 5.32. The van der Waals surface area contributed by atoms with E-state index in [4.69, 9.17) is 4.74 Å². The summed E-state index contributed by atoms with van der Waals surface area (Å²) in [7, 11) is 0. The van der Waals surface area contributed by atoms with Crippen LogP contribution in [0.15, 0.2) is 54.6 Å². The lowest BCUT2D eigenvalue weighted by atomic mass is 10.1. The molecule has 0 radical (unpaired) electrons. The highest BCUT2D eigenvalue weighted by Gasteiger charge is 2.10. The van der Waals surface area contributed by atoms with E-state index in [0.29, 0.717) is 0 Å². The molecule has 0 amide bonds. The number of rotatable bonds is 4. The van der Waals surface area contributed by atoms with E-state index >= 15 is 0 Å². The molecule has 2 heteroatoms. The van der Waals surface area contributed by atoms with E-state index in [1.54, 1.807) is 0 Å². The van der Waals surface area contributed by atoms with Gasteiger partial charge in [0.05, 0.1) is 0 Å². The van der Waals surface area contributed by atoms with Gasteiger partial charge in [-0.2, -0.15) is 0 Å². The maximum absolute atomic E-state index is 5.81. The quantitative estimate of drug-likeness (QED) is 0.810. The van der Waals surface area contributed by atoms with Gasteiger partial charge in [0.1, 0.15) is 11.5 Å². The molecule has 3 rings (SSSR count). The Hall–Kier alpha value is -1.80. The molecule has 1 saturated heterocycles. The number of nitrogens with zero attached hydrogens (tertiary/aromatic N) is 1. The first-order valence-electron chi connectivity index (χ1n) is 7.44. The Bertz CT molecular complexity index is 515. The first kappa shape index (κ1) is 13.2. The Morgan fingerprint density at radius 2 is 1.40 bits per heavy atom. The van der Waals surface area contributed by atoms with Gasteiger partial charge in [0.15, 0.2) is 0 Å². The second-order valence-corrected chi connectivity index (χ2v) is 5.40. The maximum Gasteiger partial charge on any atom is 0.127 e. The molecule has 1 aliphatic heterocycles. The molecule has 1 fully saturated rings. The van der Waals surface area contributed by atoms with Crippen molar-refractivity contribution in [3.63, 3.8) is 0 Å². The molecule has 0 spiro atoms. The van der Waals surface area contributed by atoms with Crippen molar-refractivity contribution in [1.29, 1.82) is 0 Å². The lowest BCUT2D eigenvalue weighted by Gasteiger charge is -2.26. The third-order valence-electron chi connectivity index (χ3n) is 3.76. The molecule has 0 N–H and O–H groups in total. The fourth-order valence-electron chi connectivity index (χ4n) is 2.66. The van der Waals surface area contributed by atoms with Crippen molar-refractivity contribution in [3.8, 4) is 11.5 Å². The normalized spacial score (nSPS) is 16.0. The number of benzene rings is 2. The smallest absolute Gasteiger partial charge is 0.127 e. The highest BCUT2D eigenvalue weighted by Crippen LogP contribution is 2.22. The number of hydrogen-bond acceptors (Lipinski definition) is 2. The van der Waals surface area contributed by atoms with Crippen LogP contribution in [0, 0.1) is 0 Å². The molecule has 2 aromatic rings. The topological polar surface area (TPSA) is 12.5 Å². The lowest BCUT2D eigenvalue weighted by Crippen LogP contribution is -2.28. The summed E-state index contributed by atoms with van der Waals surface area (Å²) in [5.74, 6) is 1.79. The molecule has 104 valence electrons. The SMILES string of the molecule is c1ccc(Oc2ccc(CN3CCCCC3)cc2)cc1. The number of para-hydroxylation sites is 1. The minimum absolute atomic E-state index is 0.885. The average molecular weight is 267 g/mol. The molecule has 0 saturated carbocycles. The highest BCUT2D eigenvalue weighted by atomic mass is 16.5. The molecule has 2 aromatic carbocycles. The summed E-state index contributed by atoms with van der Waals surface area (Å²) in [4.78, 5) is 2.54. The summed E-state index contributed by atoms with van der Waals surface area (Å²) < 4.78 is 5.81. The van der Waals surface area contributed by atoms with Gasteiger partial charge >= 0.3 is 0 Å². The van der Waals surface area contributed by atoms with Gasteiger partial charge in [0, 0.05) is 6.54 Å². The van der Waals surface area contributed by atoms with Gasteiger partial charge in [-0.3, -0.25) is 4.90 Å². The Morgan fingerprint density at radius 1 is 0.750 bits per heavy atom. The van der Waals surface area contributed by atoms with Crippen LogP contribution < -0.4 is 4.74 Å². The summed E-state index contributed by atoms with van der Waals surface area (Å²) in [6.07, 6.45) is 4.07. The molecule has 1 aliphatic rings. The van der Waals surface area contributed by atoms with Crippen LogP contribution in [0.25, 0.3) is 0 Å². The van der Waals surface area contributed by atoms with Gasteiger partial charge in [-0.1, -0.05) is 36.8 Å². The molecule has 2 nitrogen and oxygen atoms in total. The molecular weight excluding hydrogens is 246 g/mol. The molecular formula is C18H21NO. The molecule has 0 unspecified atom stereocenters. The second kappa shape index (κ2) is 6.58. The van der Waals surface area contributed by atoms with Gasteiger partial charge < -0.3 is 4.74 Å². The number of hydrogen-bond donors (Lipinski definition) is 0. The molecule has 1 heterocycles. The van der Waals surface area contributed by atoms with Crippen LogP contribution in [-0.4, -0.2) is 18.0 Å². The van der Waals surface area contributed by atoms with Crippen LogP contribution in [0.4, 0.5) is 0 Å². The van der Waals surface area contributed by atoms with E-state index in [9.17, 15) is 0 Å². The first-order valence-corrected chi connectivity index (χ1v) is 7.44. The van der Waals surface area contributed by atoms with Crippen molar-refractivity contribution >= 4 is 0 Å². The minimum Gasteiger partial charge on any atom is -0.457 e. The van der Waals surface area contributed by atoms with Crippen molar-refractivity contribution in [1.82, 2.24) is 4.90 Å². The summed E-state index contributed by atoms with van der Waals surface area (Å²) in [6.45, 7) is 3.54. The van der Waals surface area contributed by atoms with Crippen molar-refractivity contribution < 1.29 is 4.74 Å². The predicted molar refractivity (Wildman–Crippen MR) is 82.1 cm³/mol. The van der Waals surface area contributed by atoms with Crippen molar-refractivity contribution in [2.45, 2.75) is 25.8 Å². The van der Waals surface area contributed by atoms with Crippen molar-refractivity contribution in [2.24, 2.45) is 0 Å². The van der Waals surface area contributed by atoms with Crippen LogP contribution in [0.5, 0.6) is 11.5 Å². The molecule has 0 bridgehead atoms. The van der Waals surface area contributed by atoms with Gasteiger partial charge in [0.2, 0.25) is 0 Å². The average Bonchev–Trinajstić information content (AvgIpc) is 2.51. The van der Waals surface area contributed by atoms with E-state index in [1.807, 2.05) is 30.3 Å². The van der Waals surface area contributed by atoms with E-state index < -0.39 is 0 Å². The largest absolute Gasteiger partial charge is 0.457 e. The van der Waals surface area contributed by atoms with E-state index in [2.05, 4.69) is 29.2 Å². The third kappa shape index (κ3) is 3.61. The van der Waals surface area contributed by atoms with Crippen molar-refractivity contribution in [3.05, 3.63) is 60.2 Å². The number of likely N-dealkylation sites (tertiary alicyclic amines) is 1. The lowest BCUT2D eigenvalue weighted by molar-refractivity contribution is 0.221. The Morgan fingerprint density at radius 3 is 2.10 bits per heavy atom. The Labute approximate surface area is 121 Å². The van der Waals surface area contributed by atoms with Crippen LogP contribution >= 0.6 is 0 Å². The minimum atomic E-state index is 0.885. The molecule has 0 atom stereocenters. The van der Waals surface area contributed by atoms with Gasteiger partial charge in [0.25, 0.3) is 0 Å². The van der Waals surface area contributed by atoms with Crippen LogP contribution in [0.3, 0.4) is 0 Å². The zero-order chi connectivity index (χ0) is 13.6. The monoisotopic (exact) mass is 267 g/mol. The second-order valence-electron chi connectivity index (χ2n) is 5.40. The van der Waals surface area contributed by atoms with Crippen molar-refractivity contribution in [2.75, 3.05) is 13.1 Å². The van der Waals surface area contributed by atoms with Crippen LogP contribution in [-0.2, 0) is 6.54 Å². The number of piperidine rings is 1. The zero-order valence-corrected chi connectivity index (χ0v) is 11.8. The van der Waals surface area contributed by atoms with E-state index in [1.165, 1.54) is 37.9 Å². The zero-order valence-electron chi connectivity index (χ0n) is 11.8.